The van der Waals surface area contributed by atoms with Crippen LogP contribution in [0.1, 0.15) is 31.1 Å². The number of aromatic nitrogens is 2. The van der Waals surface area contributed by atoms with Gasteiger partial charge in [0.15, 0.2) is 24.0 Å². The summed E-state index contributed by atoms with van der Waals surface area (Å²) in [4.78, 5) is 3.99. The SMILES string of the molecule is Cc1noc(COc2ccc(CNCC(C)C)cc2F)n1. The normalized spacial score (nSPS) is 11.1. The third-order valence-electron chi connectivity index (χ3n) is 2.80. The summed E-state index contributed by atoms with van der Waals surface area (Å²) < 4.78 is 24.2. The van der Waals surface area contributed by atoms with Crippen molar-refractivity contribution >= 4 is 0 Å². The first-order valence-corrected chi connectivity index (χ1v) is 6.95. The Balaban J connectivity index is 1.89. The Morgan fingerprint density at radius 3 is 2.81 bits per heavy atom. The Morgan fingerprint density at radius 2 is 2.19 bits per heavy atom. The summed E-state index contributed by atoms with van der Waals surface area (Å²) in [7, 11) is 0. The smallest absolute Gasteiger partial charge is 0.264 e. The van der Waals surface area contributed by atoms with Crippen LogP contribution >= 0.6 is 0 Å². The standard InChI is InChI=1S/C15H20FN3O2/c1-10(2)7-17-8-12-4-5-14(13(16)6-12)20-9-15-18-11(3)19-21-15/h4-6,10,17H,7-9H2,1-3H3. The summed E-state index contributed by atoms with van der Waals surface area (Å²) in [6.45, 7) is 7.57. The minimum absolute atomic E-state index is 0.0582. The molecule has 0 atom stereocenters. The predicted octanol–water partition coefficient (Wildman–Crippen LogP) is 2.84. The van der Waals surface area contributed by atoms with Gasteiger partial charge in [0.1, 0.15) is 0 Å². The van der Waals surface area contributed by atoms with Crippen LogP contribution in [0.2, 0.25) is 0 Å². The van der Waals surface area contributed by atoms with E-state index in [0.29, 0.717) is 24.2 Å². The van der Waals surface area contributed by atoms with Crippen LogP contribution < -0.4 is 10.1 Å². The van der Waals surface area contributed by atoms with E-state index < -0.39 is 5.82 Å². The number of hydrogen-bond donors (Lipinski definition) is 1. The third kappa shape index (κ3) is 4.82. The second kappa shape index (κ2) is 7.17. The molecule has 0 unspecified atom stereocenters. The van der Waals surface area contributed by atoms with E-state index in [9.17, 15) is 4.39 Å². The van der Waals surface area contributed by atoms with Crippen LogP contribution in [-0.2, 0) is 13.2 Å². The highest BCUT2D eigenvalue weighted by Crippen LogP contribution is 2.19. The largest absolute Gasteiger partial charge is 0.481 e. The van der Waals surface area contributed by atoms with Gasteiger partial charge in [-0.3, -0.25) is 0 Å². The molecule has 2 rings (SSSR count). The van der Waals surface area contributed by atoms with E-state index in [1.165, 1.54) is 6.07 Å². The Hall–Kier alpha value is -1.95. The van der Waals surface area contributed by atoms with Crippen molar-refractivity contribution in [1.29, 1.82) is 0 Å². The number of aryl methyl sites for hydroxylation is 1. The molecule has 0 saturated heterocycles. The molecule has 0 amide bonds. The van der Waals surface area contributed by atoms with E-state index in [1.807, 2.05) is 6.07 Å². The summed E-state index contributed by atoms with van der Waals surface area (Å²) in [5.74, 6) is 1.21. The Kier molecular flexibility index (Phi) is 5.27. The zero-order chi connectivity index (χ0) is 15.2. The third-order valence-corrected chi connectivity index (χ3v) is 2.80. The minimum atomic E-state index is -0.393. The van der Waals surface area contributed by atoms with Gasteiger partial charge < -0.3 is 14.6 Å². The second-order valence-corrected chi connectivity index (χ2v) is 5.31. The molecule has 0 aliphatic heterocycles. The fraction of sp³-hybridized carbons (Fsp3) is 0.467. The molecule has 0 aliphatic rings. The summed E-state index contributed by atoms with van der Waals surface area (Å²) in [5, 5.41) is 6.91. The molecule has 6 heteroatoms. The van der Waals surface area contributed by atoms with Gasteiger partial charge in [-0.05, 0) is 37.1 Å². The number of nitrogens with zero attached hydrogens (tertiary/aromatic N) is 2. The molecule has 0 saturated carbocycles. The lowest BCUT2D eigenvalue weighted by atomic mass is 10.2. The van der Waals surface area contributed by atoms with Crippen LogP contribution in [-0.4, -0.2) is 16.7 Å². The molecule has 0 spiro atoms. The number of ether oxygens (including phenoxy) is 1. The molecule has 0 aliphatic carbocycles. The monoisotopic (exact) mass is 293 g/mol. The van der Waals surface area contributed by atoms with Crippen molar-refractivity contribution < 1.29 is 13.7 Å². The van der Waals surface area contributed by atoms with Gasteiger partial charge >= 0.3 is 0 Å². The molecule has 21 heavy (non-hydrogen) atoms. The molecule has 0 radical (unpaired) electrons. The average molecular weight is 293 g/mol. The maximum Gasteiger partial charge on any atom is 0.264 e. The van der Waals surface area contributed by atoms with Gasteiger partial charge in [-0.15, -0.1) is 0 Å². The molecule has 0 bridgehead atoms. The fourth-order valence-electron chi connectivity index (χ4n) is 1.81. The summed E-state index contributed by atoms with van der Waals surface area (Å²) in [6.07, 6.45) is 0. The number of nitrogens with one attached hydrogen (secondary N) is 1. The van der Waals surface area contributed by atoms with Gasteiger partial charge in [0.05, 0.1) is 0 Å². The second-order valence-electron chi connectivity index (χ2n) is 5.31. The number of halogens is 1. The van der Waals surface area contributed by atoms with E-state index in [-0.39, 0.29) is 12.4 Å². The zero-order valence-electron chi connectivity index (χ0n) is 12.5. The molecule has 1 N–H and O–H groups in total. The Morgan fingerprint density at radius 1 is 1.38 bits per heavy atom. The summed E-state index contributed by atoms with van der Waals surface area (Å²) >= 11 is 0. The van der Waals surface area contributed by atoms with Gasteiger partial charge in [-0.1, -0.05) is 25.1 Å². The summed E-state index contributed by atoms with van der Waals surface area (Å²) in [5.41, 5.74) is 0.883. The first kappa shape index (κ1) is 15.4. The lowest BCUT2D eigenvalue weighted by molar-refractivity contribution is 0.234. The average Bonchev–Trinajstić information content (AvgIpc) is 2.83. The van der Waals surface area contributed by atoms with Crippen LogP contribution in [0, 0.1) is 18.7 Å². The van der Waals surface area contributed by atoms with E-state index in [2.05, 4.69) is 29.3 Å². The fourth-order valence-corrected chi connectivity index (χ4v) is 1.81. The maximum absolute atomic E-state index is 13.9. The minimum Gasteiger partial charge on any atom is -0.481 e. The van der Waals surface area contributed by atoms with Crippen molar-refractivity contribution in [2.45, 2.75) is 33.9 Å². The molecule has 0 fully saturated rings. The van der Waals surface area contributed by atoms with Crippen LogP contribution in [0.15, 0.2) is 22.7 Å². The first-order chi connectivity index (χ1) is 10.0. The van der Waals surface area contributed by atoms with Crippen molar-refractivity contribution in [2.24, 2.45) is 5.92 Å². The van der Waals surface area contributed by atoms with Crippen molar-refractivity contribution in [3.63, 3.8) is 0 Å². The highest BCUT2D eigenvalue weighted by atomic mass is 19.1. The van der Waals surface area contributed by atoms with Crippen molar-refractivity contribution in [2.75, 3.05) is 6.54 Å². The van der Waals surface area contributed by atoms with E-state index >= 15 is 0 Å². The van der Waals surface area contributed by atoms with Gasteiger partial charge in [0.25, 0.3) is 5.89 Å². The van der Waals surface area contributed by atoms with E-state index in [1.54, 1.807) is 13.0 Å². The predicted molar refractivity (Wildman–Crippen MR) is 76.3 cm³/mol. The molecule has 1 heterocycles. The van der Waals surface area contributed by atoms with Crippen LogP contribution in [0.25, 0.3) is 0 Å². The highest BCUT2D eigenvalue weighted by molar-refractivity contribution is 5.29. The highest BCUT2D eigenvalue weighted by Gasteiger charge is 2.08. The molecular weight excluding hydrogens is 273 g/mol. The summed E-state index contributed by atoms with van der Waals surface area (Å²) in [6, 6.07) is 4.93. The van der Waals surface area contributed by atoms with Crippen LogP contribution in [0.3, 0.4) is 0 Å². The quantitative estimate of drug-likeness (QED) is 0.850. The van der Waals surface area contributed by atoms with Gasteiger partial charge in [0.2, 0.25) is 0 Å². The molecular formula is C15H20FN3O2. The van der Waals surface area contributed by atoms with Gasteiger partial charge in [0, 0.05) is 6.54 Å². The maximum atomic E-state index is 13.9. The van der Waals surface area contributed by atoms with Gasteiger partial charge in [-0.25, -0.2) is 4.39 Å². The van der Waals surface area contributed by atoms with Crippen LogP contribution in [0.5, 0.6) is 5.75 Å². The number of benzene rings is 1. The Bertz CT molecular complexity index is 584. The number of rotatable bonds is 7. The number of hydrogen-bond acceptors (Lipinski definition) is 5. The van der Waals surface area contributed by atoms with Crippen molar-refractivity contribution in [1.82, 2.24) is 15.5 Å². The molecule has 114 valence electrons. The molecule has 2 aromatic rings. The lowest BCUT2D eigenvalue weighted by Crippen LogP contribution is -2.19. The lowest BCUT2D eigenvalue weighted by Gasteiger charge is -2.09. The van der Waals surface area contributed by atoms with Crippen LogP contribution in [0.4, 0.5) is 4.39 Å². The van der Waals surface area contributed by atoms with E-state index in [0.717, 1.165) is 12.1 Å². The molecule has 1 aromatic carbocycles. The topological polar surface area (TPSA) is 60.2 Å². The van der Waals surface area contributed by atoms with E-state index in [4.69, 9.17) is 9.26 Å². The van der Waals surface area contributed by atoms with Crippen molar-refractivity contribution in [3.8, 4) is 5.75 Å². The molecule has 1 aromatic heterocycles. The van der Waals surface area contributed by atoms with Gasteiger partial charge in [-0.2, -0.15) is 4.98 Å². The Labute approximate surface area is 123 Å². The van der Waals surface area contributed by atoms with Crippen molar-refractivity contribution in [3.05, 3.63) is 41.3 Å². The zero-order valence-corrected chi connectivity index (χ0v) is 12.5. The molecule has 5 nitrogen and oxygen atoms in total. The first-order valence-electron chi connectivity index (χ1n) is 6.95.